The maximum atomic E-state index is 13.4. The van der Waals surface area contributed by atoms with E-state index in [9.17, 15) is 14.0 Å². The molecule has 2 amide bonds. The van der Waals surface area contributed by atoms with Crippen LogP contribution in [0.5, 0.6) is 0 Å². The van der Waals surface area contributed by atoms with E-state index in [-0.39, 0.29) is 17.6 Å². The molecular weight excluding hydrogens is 331 g/mol. The van der Waals surface area contributed by atoms with E-state index in [0.717, 1.165) is 5.56 Å². The molecule has 2 aliphatic rings. The summed E-state index contributed by atoms with van der Waals surface area (Å²) in [6, 6.07) is 20.1. The van der Waals surface area contributed by atoms with Crippen LogP contribution in [0.25, 0.3) is 0 Å². The van der Waals surface area contributed by atoms with E-state index in [2.05, 4.69) is 0 Å². The van der Waals surface area contributed by atoms with Crippen LogP contribution in [0.15, 0.2) is 72.8 Å². The predicted octanol–water partition coefficient (Wildman–Crippen LogP) is 4.15. The number of anilines is 2. The number of hydrogen-bond acceptors (Lipinski definition) is 2. The molecule has 3 aromatic carbocycles. The number of carbonyl (C=O) groups excluding carboxylic acids is 2. The largest absolute Gasteiger partial charge is 0.283 e. The van der Waals surface area contributed by atoms with Crippen LogP contribution in [0.4, 0.5) is 15.8 Å². The van der Waals surface area contributed by atoms with Crippen LogP contribution in [0.3, 0.4) is 0 Å². The van der Waals surface area contributed by atoms with Gasteiger partial charge in [0.1, 0.15) is 12.0 Å². The van der Waals surface area contributed by atoms with E-state index in [0.29, 0.717) is 22.5 Å². The SMILES string of the molecule is O=C1c2ccccc2N2C(=O)c3ccccc3[C@H]2N1c1ccc(F)cc1. The van der Waals surface area contributed by atoms with Crippen molar-refractivity contribution < 1.29 is 14.0 Å². The zero-order valence-electron chi connectivity index (χ0n) is 13.6. The van der Waals surface area contributed by atoms with Crippen molar-refractivity contribution in [3.63, 3.8) is 0 Å². The third-order valence-corrected chi connectivity index (χ3v) is 4.89. The molecule has 0 spiro atoms. The van der Waals surface area contributed by atoms with Crippen molar-refractivity contribution in [2.75, 3.05) is 9.80 Å². The van der Waals surface area contributed by atoms with Gasteiger partial charge in [0.2, 0.25) is 0 Å². The first-order valence-corrected chi connectivity index (χ1v) is 8.27. The van der Waals surface area contributed by atoms with Gasteiger partial charge in [-0.3, -0.25) is 19.4 Å². The summed E-state index contributed by atoms with van der Waals surface area (Å²) in [6.45, 7) is 0. The third-order valence-electron chi connectivity index (χ3n) is 4.89. The van der Waals surface area contributed by atoms with Crippen LogP contribution < -0.4 is 9.80 Å². The molecule has 4 nitrogen and oxygen atoms in total. The maximum Gasteiger partial charge on any atom is 0.262 e. The van der Waals surface area contributed by atoms with Gasteiger partial charge in [-0.1, -0.05) is 30.3 Å². The molecule has 2 aliphatic heterocycles. The van der Waals surface area contributed by atoms with Gasteiger partial charge in [0.15, 0.2) is 0 Å². The van der Waals surface area contributed by atoms with Crippen molar-refractivity contribution in [2.24, 2.45) is 0 Å². The fraction of sp³-hybridized carbons (Fsp3) is 0.0476. The Morgan fingerprint density at radius 1 is 0.692 bits per heavy atom. The lowest BCUT2D eigenvalue weighted by Gasteiger charge is -2.40. The van der Waals surface area contributed by atoms with Gasteiger partial charge in [-0.05, 0) is 42.5 Å². The fourth-order valence-corrected chi connectivity index (χ4v) is 3.76. The highest BCUT2D eigenvalue weighted by Crippen LogP contribution is 2.46. The number of fused-ring (bicyclic) bond motifs is 5. The minimum Gasteiger partial charge on any atom is -0.283 e. The van der Waals surface area contributed by atoms with Gasteiger partial charge in [0.05, 0.1) is 11.3 Å². The second-order valence-corrected chi connectivity index (χ2v) is 6.30. The summed E-state index contributed by atoms with van der Waals surface area (Å²) in [4.78, 5) is 29.5. The first-order chi connectivity index (χ1) is 12.7. The van der Waals surface area contributed by atoms with Gasteiger partial charge in [-0.2, -0.15) is 0 Å². The molecule has 0 saturated heterocycles. The van der Waals surface area contributed by atoms with E-state index in [1.807, 2.05) is 24.3 Å². The Morgan fingerprint density at radius 2 is 1.31 bits per heavy atom. The fourth-order valence-electron chi connectivity index (χ4n) is 3.76. The zero-order valence-corrected chi connectivity index (χ0v) is 13.6. The first-order valence-electron chi connectivity index (χ1n) is 8.27. The van der Waals surface area contributed by atoms with Crippen LogP contribution in [0.2, 0.25) is 0 Å². The molecule has 0 N–H and O–H groups in total. The molecule has 0 bridgehead atoms. The van der Waals surface area contributed by atoms with Gasteiger partial charge in [0.25, 0.3) is 11.8 Å². The Morgan fingerprint density at radius 3 is 2.08 bits per heavy atom. The van der Waals surface area contributed by atoms with Crippen molar-refractivity contribution in [3.05, 3.63) is 95.3 Å². The van der Waals surface area contributed by atoms with Crippen LogP contribution >= 0.6 is 0 Å². The highest BCUT2D eigenvalue weighted by Gasteiger charge is 2.48. The molecule has 0 unspecified atom stereocenters. The summed E-state index contributed by atoms with van der Waals surface area (Å²) in [7, 11) is 0. The maximum absolute atomic E-state index is 13.4. The lowest BCUT2D eigenvalue weighted by Crippen LogP contribution is -2.48. The van der Waals surface area contributed by atoms with Crippen LogP contribution in [-0.4, -0.2) is 11.8 Å². The molecule has 0 aromatic heterocycles. The van der Waals surface area contributed by atoms with Gasteiger partial charge in [-0.15, -0.1) is 0 Å². The number of nitrogens with zero attached hydrogens (tertiary/aromatic N) is 2. The molecule has 0 aliphatic carbocycles. The Balaban J connectivity index is 1.79. The van der Waals surface area contributed by atoms with E-state index in [4.69, 9.17) is 0 Å². The Kier molecular flexibility index (Phi) is 3.00. The average Bonchev–Trinajstić information content (AvgIpc) is 2.97. The third kappa shape index (κ3) is 1.88. The molecule has 1 atom stereocenters. The topological polar surface area (TPSA) is 40.6 Å². The molecule has 2 heterocycles. The summed E-state index contributed by atoms with van der Waals surface area (Å²) in [5, 5.41) is 0. The molecule has 5 rings (SSSR count). The smallest absolute Gasteiger partial charge is 0.262 e. The van der Waals surface area contributed by atoms with E-state index >= 15 is 0 Å². The highest BCUT2D eigenvalue weighted by molar-refractivity contribution is 6.21. The van der Waals surface area contributed by atoms with Crippen molar-refractivity contribution in [3.8, 4) is 0 Å². The number of rotatable bonds is 1. The number of halogens is 1. The summed E-state index contributed by atoms with van der Waals surface area (Å²) in [6.07, 6.45) is -0.577. The number of para-hydroxylation sites is 1. The second kappa shape index (κ2) is 5.26. The molecule has 3 aromatic rings. The van der Waals surface area contributed by atoms with Crippen molar-refractivity contribution in [2.45, 2.75) is 6.17 Å². The van der Waals surface area contributed by atoms with Crippen LogP contribution in [0, 0.1) is 5.82 Å². The second-order valence-electron chi connectivity index (χ2n) is 6.30. The van der Waals surface area contributed by atoms with Crippen LogP contribution in [-0.2, 0) is 0 Å². The standard InChI is InChI=1S/C21H13FN2O2/c22-13-9-11-14(12-10-13)23-19-15-5-1-2-6-16(15)20(25)24(19)18-8-4-3-7-17(18)21(23)26/h1-12,19H/t19-/m0/s1. The Bertz CT molecular complexity index is 1060. The van der Waals surface area contributed by atoms with Gasteiger partial charge in [0, 0.05) is 16.8 Å². The molecule has 126 valence electrons. The monoisotopic (exact) mass is 344 g/mol. The number of benzene rings is 3. The zero-order chi connectivity index (χ0) is 17.8. The minimum absolute atomic E-state index is 0.141. The van der Waals surface area contributed by atoms with E-state index < -0.39 is 6.17 Å². The lowest BCUT2D eigenvalue weighted by atomic mass is 10.0. The van der Waals surface area contributed by atoms with Crippen molar-refractivity contribution in [1.82, 2.24) is 0 Å². The summed E-state index contributed by atoms with van der Waals surface area (Å²) >= 11 is 0. The Labute approximate surface area is 149 Å². The van der Waals surface area contributed by atoms with Crippen molar-refractivity contribution in [1.29, 1.82) is 0 Å². The Hall–Kier alpha value is -3.47. The number of carbonyl (C=O) groups is 2. The van der Waals surface area contributed by atoms with E-state index in [1.54, 1.807) is 46.2 Å². The predicted molar refractivity (Wildman–Crippen MR) is 95.6 cm³/mol. The summed E-state index contributed by atoms with van der Waals surface area (Å²) < 4.78 is 13.4. The quantitative estimate of drug-likeness (QED) is 0.665. The molecule has 26 heavy (non-hydrogen) atoms. The minimum atomic E-state index is -0.577. The normalized spacial score (nSPS) is 17.8. The van der Waals surface area contributed by atoms with E-state index in [1.165, 1.54) is 12.1 Å². The molecular formula is C21H13FN2O2. The molecule has 0 radical (unpaired) electrons. The lowest BCUT2D eigenvalue weighted by molar-refractivity contribution is 0.0949. The number of hydrogen-bond donors (Lipinski definition) is 0. The van der Waals surface area contributed by atoms with Crippen molar-refractivity contribution >= 4 is 23.2 Å². The molecule has 0 saturated carbocycles. The van der Waals surface area contributed by atoms with Crippen LogP contribution in [0.1, 0.15) is 32.4 Å². The van der Waals surface area contributed by atoms with Gasteiger partial charge in [-0.25, -0.2) is 4.39 Å². The summed E-state index contributed by atoms with van der Waals surface area (Å²) in [5.41, 5.74) is 2.94. The average molecular weight is 344 g/mol. The van der Waals surface area contributed by atoms with Gasteiger partial charge >= 0.3 is 0 Å². The number of amides is 2. The first kappa shape index (κ1) is 14.8. The molecule has 0 fully saturated rings. The summed E-state index contributed by atoms with van der Waals surface area (Å²) in [5.74, 6) is -0.728. The molecule has 5 heteroatoms. The van der Waals surface area contributed by atoms with Gasteiger partial charge < -0.3 is 0 Å². The highest BCUT2D eigenvalue weighted by atomic mass is 19.1.